The van der Waals surface area contributed by atoms with Gasteiger partial charge in [0, 0.05) is 17.7 Å². The summed E-state index contributed by atoms with van der Waals surface area (Å²) in [5, 5.41) is 4.79. The maximum absolute atomic E-state index is 6.07. The molecule has 16 heavy (non-hydrogen) atoms. The molecule has 88 valence electrons. The zero-order valence-corrected chi connectivity index (χ0v) is 10.7. The zero-order chi connectivity index (χ0) is 11.5. The first-order valence-corrected chi connectivity index (χ1v) is 6.28. The third-order valence-electron chi connectivity index (χ3n) is 2.79. The van der Waals surface area contributed by atoms with Gasteiger partial charge in [0.15, 0.2) is 0 Å². The van der Waals surface area contributed by atoms with Crippen LogP contribution in [0.4, 0.5) is 5.69 Å². The van der Waals surface area contributed by atoms with E-state index in [2.05, 4.69) is 5.32 Å². The summed E-state index contributed by atoms with van der Waals surface area (Å²) >= 11 is 12.0. The van der Waals surface area contributed by atoms with Crippen LogP contribution in [0.3, 0.4) is 0 Å². The average Bonchev–Trinajstić information content (AvgIpc) is 2.20. The molecule has 2 nitrogen and oxygen atoms in total. The number of hydrogen-bond donors (Lipinski definition) is 1. The Labute approximate surface area is 106 Å². The summed E-state index contributed by atoms with van der Waals surface area (Å²) in [7, 11) is 0. The lowest BCUT2D eigenvalue weighted by Crippen LogP contribution is -2.40. The van der Waals surface area contributed by atoms with E-state index in [0.717, 1.165) is 25.1 Å². The first-order valence-electron chi connectivity index (χ1n) is 5.52. The fraction of sp³-hybridized carbons (Fsp3) is 0.500. The van der Waals surface area contributed by atoms with Crippen LogP contribution in [0, 0.1) is 0 Å². The first kappa shape index (κ1) is 12.0. The molecular formula is C12H15Cl2NO. The third-order valence-corrected chi connectivity index (χ3v) is 3.35. The summed E-state index contributed by atoms with van der Waals surface area (Å²) in [4.78, 5) is 0. The molecule has 1 aromatic rings. The van der Waals surface area contributed by atoms with Crippen molar-refractivity contribution in [2.45, 2.75) is 31.9 Å². The topological polar surface area (TPSA) is 21.3 Å². The van der Waals surface area contributed by atoms with E-state index < -0.39 is 0 Å². The van der Waals surface area contributed by atoms with Crippen LogP contribution in [-0.2, 0) is 4.74 Å². The van der Waals surface area contributed by atoms with Crippen molar-refractivity contribution in [3.05, 3.63) is 28.2 Å². The van der Waals surface area contributed by atoms with Crippen LogP contribution in [0.5, 0.6) is 0 Å². The van der Waals surface area contributed by atoms with Gasteiger partial charge in [-0.3, -0.25) is 0 Å². The second-order valence-electron chi connectivity index (χ2n) is 4.01. The van der Waals surface area contributed by atoms with Gasteiger partial charge in [-0.25, -0.2) is 0 Å². The van der Waals surface area contributed by atoms with E-state index in [4.69, 9.17) is 27.9 Å². The molecule has 1 saturated carbocycles. The highest BCUT2D eigenvalue weighted by Gasteiger charge is 2.29. The third kappa shape index (κ3) is 2.82. The number of benzene rings is 1. The van der Waals surface area contributed by atoms with Crippen LogP contribution in [0.15, 0.2) is 18.2 Å². The number of hydrogen-bond acceptors (Lipinski definition) is 2. The maximum atomic E-state index is 6.07. The molecule has 1 fully saturated rings. The van der Waals surface area contributed by atoms with E-state index in [0.29, 0.717) is 22.2 Å². The number of halogens is 2. The standard InChI is InChI=1S/C12H15Cl2NO/c1-2-16-10-6-9(7-10)15-12-5-8(13)3-4-11(12)14/h3-5,9-10,15H,2,6-7H2,1H3. The molecule has 1 aliphatic carbocycles. The number of anilines is 1. The SMILES string of the molecule is CCOC1CC(Nc2cc(Cl)ccc2Cl)C1. The predicted octanol–water partition coefficient (Wildman–Crippen LogP) is 3.97. The Morgan fingerprint density at radius 1 is 1.38 bits per heavy atom. The van der Waals surface area contributed by atoms with E-state index in [1.165, 1.54) is 0 Å². The largest absolute Gasteiger partial charge is 0.381 e. The molecule has 0 radical (unpaired) electrons. The molecular weight excluding hydrogens is 245 g/mol. The molecule has 0 aliphatic heterocycles. The predicted molar refractivity (Wildman–Crippen MR) is 68.5 cm³/mol. The van der Waals surface area contributed by atoms with E-state index in [-0.39, 0.29) is 0 Å². The molecule has 0 atom stereocenters. The van der Waals surface area contributed by atoms with E-state index >= 15 is 0 Å². The minimum Gasteiger partial charge on any atom is -0.381 e. The fourth-order valence-electron chi connectivity index (χ4n) is 1.88. The van der Waals surface area contributed by atoms with Crippen molar-refractivity contribution in [3.63, 3.8) is 0 Å². The molecule has 4 heteroatoms. The summed E-state index contributed by atoms with van der Waals surface area (Å²) in [6, 6.07) is 5.91. The van der Waals surface area contributed by atoms with Gasteiger partial charge in [0.05, 0.1) is 16.8 Å². The number of ether oxygens (including phenoxy) is 1. The molecule has 0 heterocycles. The van der Waals surface area contributed by atoms with Crippen molar-refractivity contribution in [2.24, 2.45) is 0 Å². The monoisotopic (exact) mass is 259 g/mol. The fourth-order valence-corrected chi connectivity index (χ4v) is 2.23. The summed E-state index contributed by atoms with van der Waals surface area (Å²) in [5.74, 6) is 0. The Morgan fingerprint density at radius 2 is 2.12 bits per heavy atom. The molecule has 1 aliphatic rings. The van der Waals surface area contributed by atoms with Crippen molar-refractivity contribution in [1.82, 2.24) is 0 Å². The highest BCUT2D eigenvalue weighted by atomic mass is 35.5. The molecule has 0 saturated heterocycles. The van der Waals surface area contributed by atoms with Crippen molar-refractivity contribution < 1.29 is 4.74 Å². The maximum Gasteiger partial charge on any atom is 0.0638 e. The Bertz CT molecular complexity index is 364. The summed E-state index contributed by atoms with van der Waals surface area (Å²) in [6.07, 6.45) is 2.48. The van der Waals surface area contributed by atoms with Crippen molar-refractivity contribution in [1.29, 1.82) is 0 Å². The van der Waals surface area contributed by atoms with Crippen LogP contribution >= 0.6 is 23.2 Å². The van der Waals surface area contributed by atoms with Gasteiger partial charge in [-0.1, -0.05) is 23.2 Å². The lowest BCUT2D eigenvalue weighted by atomic mass is 9.89. The van der Waals surface area contributed by atoms with Gasteiger partial charge < -0.3 is 10.1 Å². The molecule has 0 bridgehead atoms. The second kappa shape index (κ2) is 5.26. The molecule has 0 spiro atoms. The number of rotatable bonds is 4. The minimum atomic E-state index is 0.403. The average molecular weight is 260 g/mol. The van der Waals surface area contributed by atoms with E-state index in [9.17, 15) is 0 Å². The van der Waals surface area contributed by atoms with Gasteiger partial charge in [0.1, 0.15) is 0 Å². The second-order valence-corrected chi connectivity index (χ2v) is 4.86. The highest BCUT2D eigenvalue weighted by molar-refractivity contribution is 6.35. The van der Waals surface area contributed by atoms with Crippen molar-refractivity contribution in [3.8, 4) is 0 Å². The quantitative estimate of drug-likeness (QED) is 0.884. The van der Waals surface area contributed by atoms with Crippen LogP contribution in [0.25, 0.3) is 0 Å². The smallest absolute Gasteiger partial charge is 0.0638 e. The normalized spacial score (nSPS) is 23.9. The van der Waals surface area contributed by atoms with Gasteiger partial charge in [-0.2, -0.15) is 0 Å². The minimum absolute atomic E-state index is 0.403. The molecule has 0 aromatic heterocycles. The van der Waals surface area contributed by atoms with E-state index in [1.807, 2.05) is 19.1 Å². The van der Waals surface area contributed by atoms with Gasteiger partial charge in [-0.05, 0) is 38.0 Å². The van der Waals surface area contributed by atoms with Crippen LogP contribution in [0.1, 0.15) is 19.8 Å². The lowest BCUT2D eigenvalue weighted by molar-refractivity contribution is 0.00299. The van der Waals surface area contributed by atoms with Crippen LogP contribution in [-0.4, -0.2) is 18.8 Å². The molecule has 0 unspecified atom stereocenters. The van der Waals surface area contributed by atoms with Crippen LogP contribution < -0.4 is 5.32 Å². The molecule has 1 N–H and O–H groups in total. The van der Waals surface area contributed by atoms with Crippen molar-refractivity contribution >= 4 is 28.9 Å². The van der Waals surface area contributed by atoms with Gasteiger partial charge >= 0.3 is 0 Å². The molecule has 2 rings (SSSR count). The Hall–Kier alpha value is -0.440. The highest BCUT2D eigenvalue weighted by Crippen LogP contribution is 2.31. The summed E-state index contributed by atoms with van der Waals surface area (Å²) < 4.78 is 5.50. The van der Waals surface area contributed by atoms with Gasteiger partial charge in [-0.15, -0.1) is 0 Å². The summed E-state index contributed by atoms with van der Waals surface area (Å²) in [5.41, 5.74) is 0.911. The van der Waals surface area contributed by atoms with Gasteiger partial charge in [0.2, 0.25) is 0 Å². The summed E-state index contributed by atoms with van der Waals surface area (Å²) in [6.45, 7) is 2.81. The van der Waals surface area contributed by atoms with Gasteiger partial charge in [0.25, 0.3) is 0 Å². The zero-order valence-electron chi connectivity index (χ0n) is 9.17. The van der Waals surface area contributed by atoms with Crippen LogP contribution in [0.2, 0.25) is 10.0 Å². The Morgan fingerprint density at radius 3 is 2.81 bits per heavy atom. The lowest BCUT2D eigenvalue weighted by Gasteiger charge is -2.36. The Kier molecular flexibility index (Phi) is 3.95. The first-order chi connectivity index (χ1) is 7.69. The number of nitrogens with one attached hydrogen (secondary N) is 1. The Balaban J connectivity index is 1.89. The molecule has 1 aromatic carbocycles. The van der Waals surface area contributed by atoms with E-state index in [1.54, 1.807) is 6.07 Å². The molecule has 0 amide bonds. The van der Waals surface area contributed by atoms with Crippen molar-refractivity contribution in [2.75, 3.05) is 11.9 Å².